The number of hydrogen-bond donors (Lipinski definition) is 1. The Bertz CT molecular complexity index is 1190. The monoisotopic (exact) mass is 474 g/mol. The van der Waals surface area contributed by atoms with Gasteiger partial charge in [-0.3, -0.25) is 9.59 Å². The summed E-state index contributed by atoms with van der Waals surface area (Å²) in [7, 11) is 0. The number of fused-ring (bicyclic) bond motifs is 2. The van der Waals surface area contributed by atoms with Crippen LogP contribution in [0.5, 0.6) is 0 Å². The maximum absolute atomic E-state index is 13.7. The fraction of sp³-hybridized carbons (Fsp3) is 0.259. The summed E-state index contributed by atoms with van der Waals surface area (Å²) in [6, 6.07) is 22.0. The standard InChI is InChI=1S/C27H26N2O2S2/c1-32-21-13-10-18(11-14-21)17-29-23-16-19(26(30)28-20-6-2-3-7-20)12-15-25(23)33-24-9-5-4-8-22(24)27(29)31/h4-5,8-16,20H,2-3,6-7,17H2,1H3,(H,28,30). The van der Waals surface area contributed by atoms with Gasteiger partial charge in [0, 0.05) is 26.3 Å². The van der Waals surface area contributed by atoms with E-state index in [0.29, 0.717) is 17.7 Å². The molecule has 0 radical (unpaired) electrons. The van der Waals surface area contributed by atoms with E-state index < -0.39 is 0 Å². The molecule has 1 fully saturated rings. The normalized spacial score (nSPS) is 15.7. The van der Waals surface area contributed by atoms with E-state index in [4.69, 9.17) is 0 Å². The van der Waals surface area contributed by atoms with Gasteiger partial charge >= 0.3 is 0 Å². The molecule has 0 spiro atoms. The van der Waals surface area contributed by atoms with Crippen LogP contribution in [0.4, 0.5) is 5.69 Å². The van der Waals surface area contributed by atoms with Gasteiger partial charge < -0.3 is 10.2 Å². The van der Waals surface area contributed by atoms with E-state index in [0.717, 1.165) is 33.9 Å². The Kier molecular flexibility index (Phi) is 6.47. The Labute approximate surface area is 203 Å². The van der Waals surface area contributed by atoms with Crippen LogP contribution in [0.1, 0.15) is 52.0 Å². The zero-order valence-electron chi connectivity index (χ0n) is 18.5. The molecule has 33 heavy (non-hydrogen) atoms. The van der Waals surface area contributed by atoms with E-state index in [9.17, 15) is 9.59 Å². The van der Waals surface area contributed by atoms with Gasteiger partial charge in [0.1, 0.15) is 0 Å². The second-order valence-electron chi connectivity index (χ2n) is 8.47. The molecule has 3 aromatic rings. The van der Waals surface area contributed by atoms with Gasteiger partial charge in [-0.15, -0.1) is 11.8 Å². The predicted octanol–water partition coefficient (Wildman–Crippen LogP) is 6.39. The van der Waals surface area contributed by atoms with Gasteiger partial charge in [0.2, 0.25) is 0 Å². The number of carbonyl (C=O) groups is 2. The van der Waals surface area contributed by atoms with E-state index in [-0.39, 0.29) is 17.9 Å². The summed E-state index contributed by atoms with van der Waals surface area (Å²) in [4.78, 5) is 31.6. The summed E-state index contributed by atoms with van der Waals surface area (Å²) in [5, 5.41) is 3.17. The van der Waals surface area contributed by atoms with Gasteiger partial charge in [0.05, 0.1) is 17.8 Å². The smallest absolute Gasteiger partial charge is 0.259 e. The third-order valence-corrected chi connectivity index (χ3v) is 8.17. The molecule has 1 N–H and O–H groups in total. The Hall–Kier alpha value is -2.70. The molecule has 0 unspecified atom stereocenters. The quantitative estimate of drug-likeness (QED) is 0.435. The minimum atomic E-state index is -0.0619. The van der Waals surface area contributed by atoms with E-state index in [1.54, 1.807) is 23.5 Å². The summed E-state index contributed by atoms with van der Waals surface area (Å²) < 4.78 is 0. The number of nitrogens with zero attached hydrogens (tertiary/aromatic N) is 1. The molecule has 1 heterocycles. The number of thioether (sulfide) groups is 1. The summed E-state index contributed by atoms with van der Waals surface area (Å²) >= 11 is 3.28. The molecule has 1 aliphatic heterocycles. The first-order valence-corrected chi connectivity index (χ1v) is 13.3. The zero-order chi connectivity index (χ0) is 22.8. The number of hydrogen-bond acceptors (Lipinski definition) is 4. The van der Waals surface area contributed by atoms with Gasteiger partial charge in [0.15, 0.2) is 0 Å². The van der Waals surface area contributed by atoms with E-state index >= 15 is 0 Å². The SMILES string of the molecule is CSc1ccc(CN2C(=O)c3ccccc3Sc3ccc(C(=O)NC4CCCC4)cc32)cc1. The Balaban J connectivity index is 1.52. The van der Waals surface area contributed by atoms with Crippen molar-refractivity contribution in [2.24, 2.45) is 0 Å². The molecule has 2 aliphatic rings. The second-order valence-corrected chi connectivity index (χ2v) is 10.4. The van der Waals surface area contributed by atoms with Crippen LogP contribution in [-0.2, 0) is 6.54 Å². The first-order valence-electron chi connectivity index (χ1n) is 11.3. The largest absolute Gasteiger partial charge is 0.349 e. The lowest BCUT2D eigenvalue weighted by molar-refractivity contribution is 0.0935. The van der Waals surface area contributed by atoms with Crippen molar-refractivity contribution < 1.29 is 9.59 Å². The maximum Gasteiger partial charge on any atom is 0.259 e. The summed E-state index contributed by atoms with van der Waals surface area (Å²) in [6.45, 7) is 0.448. The molecule has 6 heteroatoms. The lowest BCUT2D eigenvalue weighted by Gasteiger charge is -2.24. The van der Waals surface area contributed by atoms with Crippen LogP contribution in [0, 0.1) is 0 Å². The van der Waals surface area contributed by atoms with Crippen molar-refractivity contribution in [2.45, 2.75) is 53.0 Å². The Morgan fingerprint density at radius 2 is 1.79 bits per heavy atom. The van der Waals surface area contributed by atoms with Crippen LogP contribution >= 0.6 is 23.5 Å². The highest BCUT2D eigenvalue weighted by Gasteiger charge is 2.28. The van der Waals surface area contributed by atoms with Crippen LogP contribution in [0.15, 0.2) is 81.4 Å². The number of nitrogens with one attached hydrogen (secondary N) is 1. The summed E-state index contributed by atoms with van der Waals surface area (Å²) in [6.07, 6.45) is 6.47. The highest BCUT2D eigenvalue weighted by atomic mass is 32.2. The van der Waals surface area contributed by atoms with Gasteiger partial charge in [-0.1, -0.05) is 48.9 Å². The molecule has 3 aromatic carbocycles. The molecule has 0 atom stereocenters. The average Bonchev–Trinajstić information content (AvgIpc) is 3.32. The molecule has 0 saturated heterocycles. The van der Waals surface area contributed by atoms with Crippen molar-refractivity contribution in [1.82, 2.24) is 5.32 Å². The van der Waals surface area contributed by atoms with Crippen molar-refractivity contribution in [3.05, 3.63) is 83.4 Å². The summed E-state index contributed by atoms with van der Waals surface area (Å²) in [5.74, 6) is -0.104. The lowest BCUT2D eigenvalue weighted by atomic mass is 10.1. The van der Waals surface area contributed by atoms with Crippen LogP contribution in [0.25, 0.3) is 0 Å². The molecular weight excluding hydrogens is 448 g/mol. The minimum Gasteiger partial charge on any atom is -0.349 e. The predicted molar refractivity (Wildman–Crippen MR) is 135 cm³/mol. The Morgan fingerprint density at radius 1 is 1.03 bits per heavy atom. The Morgan fingerprint density at radius 3 is 2.55 bits per heavy atom. The lowest BCUT2D eigenvalue weighted by Crippen LogP contribution is -2.33. The molecule has 4 nitrogen and oxygen atoms in total. The minimum absolute atomic E-state index is 0.0425. The molecule has 168 valence electrons. The molecule has 5 rings (SSSR count). The number of anilines is 1. The second kappa shape index (κ2) is 9.65. The summed E-state index contributed by atoms with van der Waals surface area (Å²) in [5.41, 5.74) is 3.13. The van der Waals surface area contributed by atoms with Crippen molar-refractivity contribution in [2.75, 3.05) is 11.2 Å². The first kappa shape index (κ1) is 22.1. The number of benzene rings is 3. The average molecular weight is 475 g/mol. The molecule has 0 aromatic heterocycles. The topological polar surface area (TPSA) is 49.4 Å². The van der Waals surface area contributed by atoms with E-state index in [1.807, 2.05) is 47.4 Å². The number of carbonyl (C=O) groups excluding carboxylic acids is 2. The molecular formula is C27H26N2O2S2. The van der Waals surface area contributed by atoms with Crippen LogP contribution in [0.3, 0.4) is 0 Å². The third kappa shape index (κ3) is 4.68. The molecule has 0 bridgehead atoms. The van der Waals surface area contributed by atoms with Gasteiger partial charge in [-0.25, -0.2) is 0 Å². The first-order chi connectivity index (χ1) is 16.1. The highest BCUT2D eigenvalue weighted by Crippen LogP contribution is 2.42. The van der Waals surface area contributed by atoms with E-state index in [2.05, 4.69) is 35.8 Å². The number of amides is 2. The zero-order valence-corrected chi connectivity index (χ0v) is 20.2. The van der Waals surface area contributed by atoms with Crippen LogP contribution < -0.4 is 10.2 Å². The van der Waals surface area contributed by atoms with Crippen molar-refractivity contribution in [1.29, 1.82) is 0 Å². The van der Waals surface area contributed by atoms with Crippen LogP contribution in [0.2, 0.25) is 0 Å². The van der Waals surface area contributed by atoms with Gasteiger partial charge in [-0.05, 0) is 67.1 Å². The third-order valence-electron chi connectivity index (χ3n) is 6.28. The number of rotatable bonds is 5. The van der Waals surface area contributed by atoms with Crippen LogP contribution in [-0.4, -0.2) is 24.1 Å². The van der Waals surface area contributed by atoms with Gasteiger partial charge in [-0.2, -0.15) is 0 Å². The van der Waals surface area contributed by atoms with Crippen molar-refractivity contribution in [3.63, 3.8) is 0 Å². The molecule has 2 amide bonds. The molecule has 1 aliphatic carbocycles. The van der Waals surface area contributed by atoms with E-state index in [1.165, 1.54) is 17.7 Å². The van der Waals surface area contributed by atoms with Gasteiger partial charge in [0.25, 0.3) is 11.8 Å². The highest BCUT2D eigenvalue weighted by molar-refractivity contribution is 7.99. The molecule has 1 saturated carbocycles. The maximum atomic E-state index is 13.7. The fourth-order valence-corrected chi connectivity index (χ4v) is 5.94. The fourth-order valence-electron chi connectivity index (χ4n) is 4.47. The van der Waals surface area contributed by atoms with Crippen molar-refractivity contribution >= 4 is 41.0 Å². The van der Waals surface area contributed by atoms with Crippen molar-refractivity contribution in [3.8, 4) is 0 Å².